The van der Waals surface area contributed by atoms with Gasteiger partial charge in [-0.15, -0.1) is 0 Å². The Morgan fingerprint density at radius 3 is 2.12 bits per heavy atom. The number of hydrogen-bond acceptors (Lipinski definition) is 6. The van der Waals surface area contributed by atoms with Gasteiger partial charge in [0, 0.05) is 17.4 Å². The highest BCUT2D eigenvalue weighted by Gasteiger charge is 2.32. The third-order valence-electron chi connectivity index (χ3n) is 4.71. The Kier molecular flexibility index (Phi) is 7.24. The lowest BCUT2D eigenvalue weighted by atomic mass is 9.94. The summed E-state index contributed by atoms with van der Waals surface area (Å²) in [5, 5.41) is 31.5. The summed E-state index contributed by atoms with van der Waals surface area (Å²) >= 11 is 0. The number of carbonyl (C=O) groups excluding carboxylic acids is 2. The zero-order valence-electron chi connectivity index (χ0n) is 18.1. The van der Waals surface area contributed by atoms with Crippen LogP contribution >= 0.6 is 0 Å². The summed E-state index contributed by atoms with van der Waals surface area (Å²) in [5.74, 6) is -5.95. The molecular formula is C23H25NO8. The molecule has 4 N–H and O–H groups in total. The van der Waals surface area contributed by atoms with E-state index in [0.717, 1.165) is 6.07 Å². The first kappa shape index (κ1) is 24.4. The first-order valence-electron chi connectivity index (χ1n) is 9.72. The van der Waals surface area contributed by atoms with Gasteiger partial charge in [0.15, 0.2) is 5.75 Å². The molecule has 2 aromatic carbocycles. The van der Waals surface area contributed by atoms with E-state index >= 15 is 0 Å². The predicted molar refractivity (Wildman–Crippen MR) is 114 cm³/mol. The van der Waals surface area contributed by atoms with Crippen LogP contribution in [0.5, 0.6) is 11.5 Å². The molecule has 170 valence electrons. The summed E-state index contributed by atoms with van der Waals surface area (Å²) in [7, 11) is 0. The normalized spacial score (nSPS) is 12.0. The topological polar surface area (TPSA) is 150 Å². The minimum absolute atomic E-state index is 0.0311. The van der Waals surface area contributed by atoms with Crippen LogP contribution < -0.4 is 10.1 Å². The quantitative estimate of drug-likeness (QED) is 0.377. The summed E-state index contributed by atoms with van der Waals surface area (Å²) in [6.07, 6.45) is 0.0311. The number of carboxylic acids is 2. The second kappa shape index (κ2) is 9.51. The fourth-order valence-corrected chi connectivity index (χ4v) is 2.86. The number of carboxylic acid groups (broad SMARTS) is 2. The van der Waals surface area contributed by atoms with Gasteiger partial charge in [0.05, 0.1) is 0 Å². The van der Waals surface area contributed by atoms with Crippen LogP contribution in [0.1, 0.15) is 52.6 Å². The third-order valence-corrected chi connectivity index (χ3v) is 4.71. The van der Waals surface area contributed by atoms with Crippen LogP contribution in [0.15, 0.2) is 36.4 Å². The Labute approximate surface area is 184 Å². The zero-order chi connectivity index (χ0) is 24.2. The highest BCUT2D eigenvalue weighted by Crippen LogP contribution is 2.34. The monoisotopic (exact) mass is 443 g/mol. The van der Waals surface area contributed by atoms with Crippen LogP contribution in [0.2, 0.25) is 0 Å². The van der Waals surface area contributed by atoms with Crippen molar-refractivity contribution in [2.75, 3.05) is 0 Å². The minimum Gasteiger partial charge on any atom is -0.508 e. The second-order valence-electron chi connectivity index (χ2n) is 8.27. The molecule has 0 aliphatic rings. The highest BCUT2D eigenvalue weighted by atomic mass is 16.5. The lowest BCUT2D eigenvalue weighted by Crippen LogP contribution is -2.48. The van der Waals surface area contributed by atoms with Gasteiger partial charge >= 0.3 is 17.9 Å². The van der Waals surface area contributed by atoms with Crippen LogP contribution in [0, 0.1) is 12.3 Å². The fourth-order valence-electron chi connectivity index (χ4n) is 2.86. The summed E-state index contributed by atoms with van der Waals surface area (Å²) < 4.78 is 5.26. The molecule has 0 spiro atoms. The number of carbonyl (C=O) groups is 4. The first-order chi connectivity index (χ1) is 14.8. The van der Waals surface area contributed by atoms with Gasteiger partial charge in [0.1, 0.15) is 22.9 Å². The zero-order valence-corrected chi connectivity index (χ0v) is 18.1. The summed E-state index contributed by atoms with van der Waals surface area (Å²) in [4.78, 5) is 49.0. The lowest BCUT2D eigenvalue weighted by molar-refractivity contribution is -0.141. The number of ether oxygens (including phenoxy) is 1. The second-order valence-corrected chi connectivity index (χ2v) is 8.27. The lowest BCUT2D eigenvalue weighted by Gasteiger charge is -2.24. The number of nitrogens with one attached hydrogen (secondary N) is 1. The molecule has 1 atom stereocenters. The van der Waals surface area contributed by atoms with E-state index in [-0.39, 0.29) is 12.0 Å². The molecule has 0 fully saturated rings. The van der Waals surface area contributed by atoms with Crippen molar-refractivity contribution in [2.24, 2.45) is 5.41 Å². The largest absolute Gasteiger partial charge is 0.508 e. The number of aromatic carboxylic acids is 2. The molecule has 2 rings (SSSR count). The molecule has 1 unspecified atom stereocenters. The smallest absolute Gasteiger partial charge is 0.339 e. The number of hydrogen-bond donors (Lipinski definition) is 4. The number of rotatable bonds is 7. The van der Waals surface area contributed by atoms with E-state index < -0.39 is 57.9 Å². The van der Waals surface area contributed by atoms with E-state index in [1.54, 1.807) is 51.1 Å². The van der Waals surface area contributed by atoms with E-state index in [9.17, 15) is 34.5 Å². The van der Waals surface area contributed by atoms with E-state index in [4.69, 9.17) is 4.74 Å². The number of phenolic OH excluding ortho intramolecular Hbond substituents is 1. The number of benzene rings is 2. The van der Waals surface area contributed by atoms with Crippen molar-refractivity contribution in [2.45, 2.75) is 40.2 Å². The van der Waals surface area contributed by atoms with Crippen molar-refractivity contribution in [1.82, 2.24) is 5.32 Å². The number of phenols is 1. The molecular weight excluding hydrogens is 418 g/mol. The van der Waals surface area contributed by atoms with E-state index in [1.165, 1.54) is 6.92 Å². The third kappa shape index (κ3) is 5.63. The molecule has 0 heterocycles. The maximum absolute atomic E-state index is 13.0. The van der Waals surface area contributed by atoms with Gasteiger partial charge in [-0.1, -0.05) is 51.1 Å². The Bertz CT molecular complexity index is 1050. The standard InChI is InChI=1S/C23H25NO8/c1-12-16(25)11-14(19(26)27)18(17(12)20(28)29)32-21(30)15(24-22(31)23(2,3)4)10-13-8-6-5-7-9-13/h5-9,11,15,25H,10H2,1-4H3,(H,24,31)(H,26,27)(H,28,29). The molecule has 32 heavy (non-hydrogen) atoms. The average molecular weight is 443 g/mol. The molecule has 0 aromatic heterocycles. The van der Waals surface area contributed by atoms with E-state index in [0.29, 0.717) is 5.56 Å². The molecule has 2 aromatic rings. The highest BCUT2D eigenvalue weighted by molar-refractivity contribution is 6.02. The van der Waals surface area contributed by atoms with Crippen molar-refractivity contribution in [3.8, 4) is 11.5 Å². The first-order valence-corrected chi connectivity index (χ1v) is 9.72. The SMILES string of the molecule is Cc1c(O)cc(C(=O)O)c(OC(=O)C(Cc2ccccc2)NC(=O)C(C)(C)C)c1C(=O)O. The van der Waals surface area contributed by atoms with Gasteiger partial charge in [-0.05, 0) is 18.6 Å². The molecule has 0 saturated heterocycles. The fraction of sp³-hybridized carbons (Fsp3) is 0.304. The maximum atomic E-state index is 13.0. The van der Waals surface area contributed by atoms with Crippen LogP contribution in [0.4, 0.5) is 0 Å². The molecule has 0 radical (unpaired) electrons. The number of aromatic hydroxyl groups is 1. The van der Waals surface area contributed by atoms with Gasteiger partial charge in [-0.2, -0.15) is 0 Å². The number of esters is 1. The molecule has 0 aliphatic heterocycles. The predicted octanol–water partition coefficient (Wildman–Crippen LogP) is 2.78. The summed E-state index contributed by atoms with van der Waals surface area (Å²) in [6.45, 7) is 6.22. The van der Waals surface area contributed by atoms with Gasteiger partial charge < -0.3 is 25.4 Å². The average Bonchev–Trinajstić information content (AvgIpc) is 2.69. The van der Waals surface area contributed by atoms with Crippen molar-refractivity contribution < 1.29 is 39.2 Å². The Balaban J connectivity index is 2.50. The number of amides is 1. The van der Waals surface area contributed by atoms with Crippen LogP contribution in [0.3, 0.4) is 0 Å². The Morgan fingerprint density at radius 1 is 1.03 bits per heavy atom. The van der Waals surface area contributed by atoms with Gasteiger partial charge in [0.2, 0.25) is 5.91 Å². The molecule has 9 heteroatoms. The Morgan fingerprint density at radius 2 is 1.62 bits per heavy atom. The maximum Gasteiger partial charge on any atom is 0.339 e. The molecule has 0 saturated carbocycles. The summed E-state index contributed by atoms with van der Waals surface area (Å²) in [6, 6.07) is 8.34. The molecule has 1 amide bonds. The molecule has 9 nitrogen and oxygen atoms in total. The van der Waals surface area contributed by atoms with Crippen molar-refractivity contribution >= 4 is 23.8 Å². The van der Waals surface area contributed by atoms with E-state index in [1.807, 2.05) is 0 Å². The Hall–Kier alpha value is -3.88. The van der Waals surface area contributed by atoms with Gasteiger partial charge in [0.25, 0.3) is 0 Å². The van der Waals surface area contributed by atoms with Crippen molar-refractivity contribution in [3.63, 3.8) is 0 Å². The van der Waals surface area contributed by atoms with Crippen molar-refractivity contribution in [1.29, 1.82) is 0 Å². The molecule has 0 bridgehead atoms. The van der Waals surface area contributed by atoms with E-state index in [2.05, 4.69) is 5.32 Å². The van der Waals surface area contributed by atoms with Crippen LogP contribution in [-0.2, 0) is 16.0 Å². The minimum atomic E-state index is -1.59. The van der Waals surface area contributed by atoms with Gasteiger partial charge in [-0.3, -0.25) is 4.79 Å². The van der Waals surface area contributed by atoms with Crippen molar-refractivity contribution in [3.05, 3.63) is 58.7 Å². The molecule has 0 aliphatic carbocycles. The van der Waals surface area contributed by atoms with Crippen LogP contribution in [0.25, 0.3) is 0 Å². The van der Waals surface area contributed by atoms with Crippen LogP contribution in [-0.4, -0.2) is 45.2 Å². The summed E-state index contributed by atoms with van der Waals surface area (Å²) in [5.41, 5.74) is -1.65. The van der Waals surface area contributed by atoms with Gasteiger partial charge in [-0.25, -0.2) is 14.4 Å².